The molecule has 1 aliphatic heterocycles. The van der Waals surface area contributed by atoms with E-state index < -0.39 is 0 Å². The van der Waals surface area contributed by atoms with Crippen molar-refractivity contribution >= 4 is 29.2 Å². The Morgan fingerprint density at radius 3 is 2.43 bits per heavy atom. The fourth-order valence-electron chi connectivity index (χ4n) is 4.55. The third kappa shape index (κ3) is 6.43. The number of ether oxygens (including phenoxy) is 1. The molecule has 0 spiro atoms. The second kappa shape index (κ2) is 11.9. The first-order chi connectivity index (χ1) is 17.0. The third-order valence-corrected chi connectivity index (χ3v) is 6.50. The highest BCUT2D eigenvalue weighted by Crippen LogP contribution is 2.33. The van der Waals surface area contributed by atoms with Gasteiger partial charge in [0.2, 0.25) is 5.91 Å². The highest BCUT2D eigenvalue weighted by molar-refractivity contribution is 6.30. The minimum atomic E-state index is -0.362. The van der Waals surface area contributed by atoms with E-state index in [0.717, 1.165) is 35.5 Å². The highest BCUT2D eigenvalue weighted by Gasteiger charge is 2.23. The Kier molecular flexibility index (Phi) is 8.43. The first-order valence-electron chi connectivity index (χ1n) is 12.2. The smallest absolute Gasteiger partial charge is 0.338 e. The van der Waals surface area contributed by atoms with Crippen LogP contribution < -0.4 is 10.2 Å². The molecule has 3 aromatic rings. The lowest BCUT2D eigenvalue weighted by Crippen LogP contribution is -2.34. The van der Waals surface area contributed by atoms with Crippen LogP contribution in [0.3, 0.4) is 0 Å². The number of esters is 1. The number of nitrogens with zero attached hydrogens (tertiary/aromatic N) is 1. The molecular formula is C29H31ClN2O3. The number of amides is 1. The van der Waals surface area contributed by atoms with Crippen molar-refractivity contribution < 1.29 is 14.3 Å². The Morgan fingerprint density at radius 2 is 1.71 bits per heavy atom. The molecule has 0 saturated carbocycles. The van der Waals surface area contributed by atoms with Gasteiger partial charge < -0.3 is 15.0 Å². The van der Waals surface area contributed by atoms with E-state index in [1.807, 2.05) is 30.3 Å². The van der Waals surface area contributed by atoms with Gasteiger partial charge in [0, 0.05) is 29.4 Å². The summed E-state index contributed by atoms with van der Waals surface area (Å²) in [7, 11) is 0. The second-order valence-electron chi connectivity index (χ2n) is 8.76. The van der Waals surface area contributed by atoms with E-state index in [-0.39, 0.29) is 24.3 Å². The Labute approximate surface area is 212 Å². The molecule has 0 aliphatic carbocycles. The van der Waals surface area contributed by atoms with E-state index in [4.69, 9.17) is 16.3 Å². The van der Waals surface area contributed by atoms with Gasteiger partial charge in [-0.1, -0.05) is 54.1 Å². The standard InChI is InChI=1S/C29H31ClN2O3/c1-2-35-29(34)22-15-13-21(14-16-22)19-27(33)31-28(23-9-8-10-24(30)20-23)25-11-4-5-12-26(25)32-17-6-3-7-18-32/h4-5,8-16,20,28H,2-3,6-7,17-19H2,1H3,(H,31,33). The van der Waals surface area contributed by atoms with Crippen molar-refractivity contribution in [2.24, 2.45) is 0 Å². The van der Waals surface area contributed by atoms with Crippen molar-refractivity contribution in [3.05, 3.63) is 100 Å². The van der Waals surface area contributed by atoms with Gasteiger partial charge in [-0.3, -0.25) is 4.79 Å². The number of hydrogen-bond acceptors (Lipinski definition) is 4. The number of carbonyl (C=O) groups is 2. The van der Waals surface area contributed by atoms with Crippen LogP contribution in [0.15, 0.2) is 72.8 Å². The Balaban J connectivity index is 1.58. The number of halogens is 1. The SMILES string of the molecule is CCOC(=O)c1ccc(CC(=O)NC(c2cccc(Cl)c2)c2ccccc2N2CCCCC2)cc1. The van der Waals surface area contributed by atoms with Gasteiger partial charge in [0.1, 0.15) is 0 Å². The summed E-state index contributed by atoms with van der Waals surface area (Å²) in [6, 6.07) is 22.6. The number of anilines is 1. The zero-order chi connectivity index (χ0) is 24.6. The molecule has 182 valence electrons. The van der Waals surface area contributed by atoms with Crippen LogP contribution in [0, 0.1) is 0 Å². The highest BCUT2D eigenvalue weighted by atomic mass is 35.5. The van der Waals surface area contributed by atoms with Crippen LogP contribution in [0.5, 0.6) is 0 Å². The number of carbonyl (C=O) groups excluding carboxylic acids is 2. The fourth-order valence-corrected chi connectivity index (χ4v) is 4.75. The van der Waals surface area contributed by atoms with E-state index >= 15 is 0 Å². The molecule has 1 amide bonds. The molecule has 0 radical (unpaired) electrons. The quantitative estimate of drug-likeness (QED) is 0.396. The maximum absolute atomic E-state index is 13.2. The van der Waals surface area contributed by atoms with Crippen molar-refractivity contribution in [2.75, 3.05) is 24.6 Å². The molecule has 1 saturated heterocycles. The summed E-state index contributed by atoms with van der Waals surface area (Å²) in [6.45, 7) is 4.13. The zero-order valence-corrected chi connectivity index (χ0v) is 20.8. The second-order valence-corrected chi connectivity index (χ2v) is 9.19. The van der Waals surface area contributed by atoms with Gasteiger partial charge in [-0.15, -0.1) is 0 Å². The molecule has 1 unspecified atom stereocenters. The van der Waals surface area contributed by atoms with Crippen molar-refractivity contribution in [1.29, 1.82) is 0 Å². The Hall–Kier alpha value is -3.31. The predicted octanol–water partition coefficient (Wildman–Crippen LogP) is 5.96. The first kappa shape index (κ1) is 24.8. The number of hydrogen-bond donors (Lipinski definition) is 1. The number of piperidine rings is 1. The summed E-state index contributed by atoms with van der Waals surface area (Å²) < 4.78 is 5.04. The van der Waals surface area contributed by atoms with Crippen LogP contribution in [0.4, 0.5) is 5.69 Å². The number of para-hydroxylation sites is 1. The third-order valence-electron chi connectivity index (χ3n) is 6.26. The molecule has 3 aromatic carbocycles. The molecule has 1 heterocycles. The molecule has 35 heavy (non-hydrogen) atoms. The fraction of sp³-hybridized carbons (Fsp3) is 0.310. The number of nitrogens with one attached hydrogen (secondary N) is 1. The Bertz CT molecular complexity index is 1160. The van der Waals surface area contributed by atoms with Gasteiger partial charge in [-0.05, 0) is 67.6 Å². The van der Waals surface area contributed by atoms with Gasteiger partial charge in [0.05, 0.1) is 24.6 Å². The summed E-state index contributed by atoms with van der Waals surface area (Å²) in [5.41, 5.74) is 4.44. The number of rotatable bonds is 8. The lowest BCUT2D eigenvalue weighted by Gasteiger charge is -2.33. The summed E-state index contributed by atoms with van der Waals surface area (Å²) >= 11 is 6.33. The summed E-state index contributed by atoms with van der Waals surface area (Å²) in [4.78, 5) is 27.5. The molecule has 5 nitrogen and oxygen atoms in total. The molecular weight excluding hydrogens is 460 g/mol. The predicted molar refractivity (Wildman–Crippen MR) is 140 cm³/mol. The molecule has 4 rings (SSSR count). The van der Waals surface area contributed by atoms with Crippen LogP contribution in [-0.4, -0.2) is 31.6 Å². The topological polar surface area (TPSA) is 58.6 Å². The maximum atomic E-state index is 13.2. The van der Waals surface area contributed by atoms with Crippen LogP contribution in [0.1, 0.15) is 59.3 Å². The molecule has 0 bridgehead atoms. The minimum absolute atomic E-state index is 0.104. The molecule has 1 aliphatic rings. The molecule has 1 fully saturated rings. The van der Waals surface area contributed by atoms with Gasteiger partial charge in [-0.2, -0.15) is 0 Å². The minimum Gasteiger partial charge on any atom is -0.462 e. The zero-order valence-electron chi connectivity index (χ0n) is 20.0. The van der Waals surface area contributed by atoms with E-state index in [2.05, 4.69) is 28.4 Å². The first-order valence-corrected chi connectivity index (χ1v) is 12.6. The lowest BCUT2D eigenvalue weighted by atomic mass is 9.95. The van der Waals surface area contributed by atoms with Crippen molar-refractivity contribution in [2.45, 2.75) is 38.6 Å². The number of benzene rings is 3. The van der Waals surface area contributed by atoms with Crippen molar-refractivity contribution in [3.8, 4) is 0 Å². The van der Waals surface area contributed by atoms with Gasteiger partial charge in [0.25, 0.3) is 0 Å². The van der Waals surface area contributed by atoms with Crippen molar-refractivity contribution in [3.63, 3.8) is 0 Å². The summed E-state index contributed by atoms with van der Waals surface area (Å²) in [5, 5.41) is 3.88. The van der Waals surface area contributed by atoms with E-state index in [0.29, 0.717) is 17.2 Å². The van der Waals surface area contributed by atoms with Gasteiger partial charge in [0.15, 0.2) is 0 Å². The largest absolute Gasteiger partial charge is 0.462 e. The van der Waals surface area contributed by atoms with Crippen LogP contribution in [0.25, 0.3) is 0 Å². The molecule has 6 heteroatoms. The van der Waals surface area contributed by atoms with Crippen molar-refractivity contribution in [1.82, 2.24) is 5.32 Å². The summed E-state index contributed by atoms with van der Waals surface area (Å²) in [5.74, 6) is -0.467. The van der Waals surface area contributed by atoms with Crippen LogP contribution in [0.2, 0.25) is 5.02 Å². The molecule has 1 N–H and O–H groups in total. The van der Waals surface area contributed by atoms with E-state index in [9.17, 15) is 9.59 Å². The maximum Gasteiger partial charge on any atom is 0.338 e. The normalized spacial score (nSPS) is 14.3. The lowest BCUT2D eigenvalue weighted by molar-refractivity contribution is -0.120. The molecule has 0 aromatic heterocycles. The Morgan fingerprint density at radius 1 is 0.971 bits per heavy atom. The van der Waals surface area contributed by atoms with Crippen LogP contribution >= 0.6 is 11.6 Å². The molecule has 1 atom stereocenters. The summed E-state index contributed by atoms with van der Waals surface area (Å²) in [6.07, 6.45) is 3.79. The van der Waals surface area contributed by atoms with Gasteiger partial charge in [-0.25, -0.2) is 4.79 Å². The van der Waals surface area contributed by atoms with E-state index in [1.54, 1.807) is 31.2 Å². The van der Waals surface area contributed by atoms with Gasteiger partial charge >= 0.3 is 5.97 Å². The average Bonchev–Trinajstić information content (AvgIpc) is 2.88. The average molecular weight is 491 g/mol. The monoisotopic (exact) mass is 490 g/mol. The van der Waals surface area contributed by atoms with E-state index in [1.165, 1.54) is 19.3 Å². The van der Waals surface area contributed by atoms with Crippen LogP contribution in [-0.2, 0) is 16.0 Å².